The van der Waals surface area contributed by atoms with Crippen LogP contribution in [0.4, 0.5) is 0 Å². The average Bonchev–Trinajstić information content (AvgIpc) is 2.79. The second-order valence-corrected chi connectivity index (χ2v) is 9.05. The molecule has 0 aromatic carbocycles. The maximum absolute atomic E-state index is 12.1. The molecule has 1 N–H and O–H groups in total. The van der Waals surface area contributed by atoms with Gasteiger partial charge in [-0.05, 0) is 6.92 Å². The van der Waals surface area contributed by atoms with Crippen LogP contribution >= 0.6 is 0 Å². The highest BCUT2D eigenvalue weighted by atomic mass is 16.8. The Labute approximate surface area is 229 Å². The number of carbonyl (C=O) groups excluding carboxylic acids is 6. The highest BCUT2D eigenvalue weighted by molar-refractivity contribution is 5.69. The van der Waals surface area contributed by atoms with Crippen molar-refractivity contribution in [2.45, 2.75) is 110 Å². The van der Waals surface area contributed by atoms with Crippen LogP contribution in [0.3, 0.4) is 0 Å². The largest absolute Gasteiger partial charge is 0.463 e. The van der Waals surface area contributed by atoms with Gasteiger partial charge in [0.15, 0.2) is 43.1 Å². The Balaban J connectivity index is 2.56. The molecule has 0 radical (unpaired) electrons. The SMILES string of the molecule is CC(=O)OC[C@H]1O[C@H](O[C@@H]2[C@H](OC(C)=O)[C@@H](OC(C)=O)[C@H](O)O[C@@H]2C)[C@H](OC(C)=O)[C@@H](OC(C)=O)[C@H]1OC(C)=O. The summed E-state index contributed by atoms with van der Waals surface area (Å²) < 4.78 is 48.9. The lowest BCUT2D eigenvalue weighted by atomic mass is 9.96. The Morgan fingerprint density at radius 3 is 1.48 bits per heavy atom. The predicted octanol–water partition coefficient (Wildman–Crippen LogP) is -0.945. The molecule has 2 aliphatic rings. The number of hydrogen-bond acceptors (Lipinski definition) is 16. The molecule has 16 heteroatoms. The molecule has 0 aromatic heterocycles. The molecule has 0 aromatic rings. The van der Waals surface area contributed by atoms with Gasteiger partial charge in [-0.2, -0.15) is 0 Å². The van der Waals surface area contributed by atoms with Crippen molar-refractivity contribution in [1.82, 2.24) is 0 Å². The number of esters is 6. The van der Waals surface area contributed by atoms with E-state index >= 15 is 0 Å². The smallest absolute Gasteiger partial charge is 0.303 e. The minimum atomic E-state index is -1.71. The highest BCUT2D eigenvalue weighted by Gasteiger charge is 2.56. The standard InChI is InChI=1S/C24H34O16/c1-9-17(19(35-12(4)27)21(23(31)33-9)37-14(6)29)40-24-22(38-15(7)30)20(36-13(5)28)18(34-11(3)26)16(39-24)8-32-10(2)25/h9,16-24,31H,8H2,1-7H3/t9-,16-,17+,18+,19+,20+,21-,22-,23-,24-/m1/s1. The van der Waals surface area contributed by atoms with Gasteiger partial charge in [-0.1, -0.05) is 0 Å². The lowest BCUT2D eigenvalue weighted by Crippen LogP contribution is -2.66. The molecule has 0 amide bonds. The van der Waals surface area contributed by atoms with Crippen molar-refractivity contribution in [1.29, 1.82) is 0 Å². The molecular weight excluding hydrogens is 544 g/mol. The van der Waals surface area contributed by atoms with Gasteiger partial charge in [-0.15, -0.1) is 0 Å². The van der Waals surface area contributed by atoms with Crippen LogP contribution in [0.25, 0.3) is 0 Å². The third kappa shape index (κ3) is 9.11. The van der Waals surface area contributed by atoms with E-state index in [1.807, 2.05) is 0 Å². The van der Waals surface area contributed by atoms with Crippen molar-refractivity contribution in [3.63, 3.8) is 0 Å². The summed E-state index contributed by atoms with van der Waals surface area (Å²) in [6, 6.07) is 0. The zero-order valence-corrected chi connectivity index (χ0v) is 23.1. The van der Waals surface area contributed by atoms with Crippen LogP contribution < -0.4 is 0 Å². The van der Waals surface area contributed by atoms with Crippen LogP contribution in [0.5, 0.6) is 0 Å². The van der Waals surface area contributed by atoms with Gasteiger partial charge < -0.3 is 47.7 Å². The van der Waals surface area contributed by atoms with E-state index in [9.17, 15) is 33.9 Å². The monoisotopic (exact) mass is 578 g/mol. The van der Waals surface area contributed by atoms with Crippen LogP contribution in [0.1, 0.15) is 48.5 Å². The second kappa shape index (κ2) is 14.3. The summed E-state index contributed by atoms with van der Waals surface area (Å²) in [6.07, 6.45) is -14.6. The molecule has 0 unspecified atom stereocenters. The van der Waals surface area contributed by atoms with Gasteiger partial charge in [0.25, 0.3) is 0 Å². The van der Waals surface area contributed by atoms with Crippen LogP contribution in [-0.2, 0) is 71.4 Å². The molecule has 2 rings (SSSR count). The Hall–Kier alpha value is -3.34. The summed E-state index contributed by atoms with van der Waals surface area (Å²) in [5.41, 5.74) is 0. The first-order valence-electron chi connectivity index (χ1n) is 12.2. The Morgan fingerprint density at radius 2 is 1.00 bits per heavy atom. The average molecular weight is 579 g/mol. The highest BCUT2D eigenvalue weighted by Crippen LogP contribution is 2.34. The summed E-state index contributed by atoms with van der Waals surface area (Å²) in [5.74, 6) is -4.89. The molecule has 2 heterocycles. The minimum absolute atomic E-state index is 0.503. The molecule has 16 nitrogen and oxygen atoms in total. The van der Waals surface area contributed by atoms with E-state index in [4.69, 9.17) is 42.6 Å². The van der Waals surface area contributed by atoms with E-state index in [0.717, 1.165) is 41.5 Å². The van der Waals surface area contributed by atoms with Gasteiger partial charge in [-0.3, -0.25) is 28.8 Å². The fourth-order valence-corrected chi connectivity index (χ4v) is 4.27. The van der Waals surface area contributed by atoms with E-state index in [1.165, 1.54) is 6.92 Å². The van der Waals surface area contributed by atoms with Crippen LogP contribution in [0, 0.1) is 0 Å². The minimum Gasteiger partial charge on any atom is -0.463 e. The lowest BCUT2D eigenvalue weighted by Gasteiger charge is -2.47. The maximum atomic E-state index is 12.1. The van der Waals surface area contributed by atoms with Crippen molar-refractivity contribution in [2.75, 3.05) is 6.61 Å². The van der Waals surface area contributed by atoms with Crippen LogP contribution in [-0.4, -0.2) is 109 Å². The van der Waals surface area contributed by atoms with Gasteiger partial charge in [-0.25, -0.2) is 0 Å². The molecule has 2 aliphatic heterocycles. The third-order valence-corrected chi connectivity index (χ3v) is 5.59. The lowest BCUT2D eigenvalue weighted by molar-refractivity contribution is -0.353. The number of hydrogen-bond donors (Lipinski definition) is 1. The maximum Gasteiger partial charge on any atom is 0.303 e. The van der Waals surface area contributed by atoms with Crippen LogP contribution in [0.15, 0.2) is 0 Å². The molecule has 40 heavy (non-hydrogen) atoms. The molecule has 2 saturated heterocycles. The zero-order valence-electron chi connectivity index (χ0n) is 23.1. The summed E-state index contributed by atoms with van der Waals surface area (Å²) in [5, 5.41) is 10.4. The first-order valence-corrected chi connectivity index (χ1v) is 12.2. The molecular formula is C24H34O16. The summed E-state index contributed by atoms with van der Waals surface area (Å²) >= 11 is 0. The molecule has 10 atom stereocenters. The fourth-order valence-electron chi connectivity index (χ4n) is 4.27. The van der Waals surface area contributed by atoms with Crippen molar-refractivity contribution in [3.05, 3.63) is 0 Å². The molecule has 0 saturated carbocycles. The van der Waals surface area contributed by atoms with Crippen molar-refractivity contribution < 1.29 is 76.5 Å². The van der Waals surface area contributed by atoms with E-state index in [1.54, 1.807) is 0 Å². The summed E-state index contributed by atoms with van der Waals surface area (Å²) in [6.45, 7) is 7.37. The molecule has 0 bridgehead atoms. The van der Waals surface area contributed by atoms with Gasteiger partial charge in [0, 0.05) is 41.5 Å². The first-order chi connectivity index (χ1) is 18.6. The Kier molecular flexibility index (Phi) is 11.8. The van der Waals surface area contributed by atoms with Gasteiger partial charge in [0.05, 0.1) is 6.10 Å². The summed E-state index contributed by atoms with van der Waals surface area (Å²) in [4.78, 5) is 71.1. The van der Waals surface area contributed by atoms with Crippen molar-refractivity contribution in [3.8, 4) is 0 Å². The van der Waals surface area contributed by atoms with E-state index < -0.39 is 104 Å². The first kappa shape index (κ1) is 32.9. The molecule has 0 aliphatic carbocycles. The van der Waals surface area contributed by atoms with Crippen LogP contribution in [0.2, 0.25) is 0 Å². The number of aliphatic hydroxyl groups excluding tert-OH is 1. The zero-order chi connectivity index (χ0) is 30.3. The Morgan fingerprint density at radius 1 is 0.575 bits per heavy atom. The normalized spacial score (nSPS) is 33.6. The third-order valence-electron chi connectivity index (χ3n) is 5.59. The molecule has 0 spiro atoms. The van der Waals surface area contributed by atoms with Gasteiger partial charge in [0.2, 0.25) is 0 Å². The number of ether oxygens (including phenoxy) is 9. The van der Waals surface area contributed by atoms with E-state index in [-0.39, 0.29) is 0 Å². The Bertz CT molecular complexity index is 965. The second-order valence-electron chi connectivity index (χ2n) is 9.05. The van der Waals surface area contributed by atoms with Gasteiger partial charge in [0.1, 0.15) is 18.8 Å². The molecule has 226 valence electrons. The van der Waals surface area contributed by atoms with Gasteiger partial charge >= 0.3 is 35.8 Å². The van der Waals surface area contributed by atoms with Crippen molar-refractivity contribution >= 4 is 35.8 Å². The van der Waals surface area contributed by atoms with E-state index in [0.29, 0.717) is 0 Å². The molecule has 2 fully saturated rings. The predicted molar refractivity (Wildman–Crippen MR) is 124 cm³/mol. The van der Waals surface area contributed by atoms with E-state index in [2.05, 4.69) is 0 Å². The fraction of sp³-hybridized carbons (Fsp3) is 0.750. The number of rotatable bonds is 9. The quantitative estimate of drug-likeness (QED) is 0.259. The van der Waals surface area contributed by atoms with Crippen molar-refractivity contribution in [2.24, 2.45) is 0 Å². The number of carbonyl (C=O) groups is 6. The number of aliphatic hydroxyl groups is 1. The topological polar surface area (TPSA) is 206 Å². The summed E-state index contributed by atoms with van der Waals surface area (Å²) in [7, 11) is 0.